The standard InChI is InChI=1S/C13H14N2O2/c1-13(2)12(17-13)11-7-3-4-8(11)10-6-15(16)14-5-9(7)10/h3-8,11-12H,1-2H3/t7-,8+,11?,12?/m1/s1. The van der Waals surface area contributed by atoms with Gasteiger partial charge in [0.15, 0.2) is 0 Å². The summed E-state index contributed by atoms with van der Waals surface area (Å²) >= 11 is 0. The molecular formula is C13H14N2O2. The van der Waals surface area contributed by atoms with Crippen LogP contribution in [0.2, 0.25) is 0 Å². The van der Waals surface area contributed by atoms with Gasteiger partial charge in [-0.1, -0.05) is 17.0 Å². The molecule has 1 saturated heterocycles. The van der Waals surface area contributed by atoms with Gasteiger partial charge in [-0.05, 0) is 19.4 Å². The number of nitrogens with zero attached hydrogens (tertiary/aromatic N) is 2. The van der Waals surface area contributed by atoms with Crippen LogP contribution in [-0.4, -0.2) is 16.8 Å². The fourth-order valence-corrected chi connectivity index (χ4v) is 3.53. The molecule has 0 aromatic carbocycles. The van der Waals surface area contributed by atoms with Gasteiger partial charge in [-0.3, -0.25) is 0 Å². The molecule has 2 heterocycles. The van der Waals surface area contributed by atoms with Gasteiger partial charge in [-0.15, -0.1) is 0 Å². The summed E-state index contributed by atoms with van der Waals surface area (Å²) < 4.78 is 5.79. The Bertz CT molecular complexity index is 538. The average Bonchev–Trinajstić information content (AvgIpc) is 2.69. The first-order valence-corrected chi connectivity index (χ1v) is 6.03. The molecule has 0 saturated carbocycles. The minimum Gasteiger partial charge on any atom is -0.594 e. The van der Waals surface area contributed by atoms with Gasteiger partial charge < -0.3 is 9.94 Å². The van der Waals surface area contributed by atoms with Crippen molar-refractivity contribution in [2.75, 3.05) is 0 Å². The molecule has 0 N–H and O–H groups in total. The highest BCUT2D eigenvalue weighted by molar-refractivity contribution is 5.47. The third kappa shape index (κ3) is 1.11. The highest BCUT2D eigenvalue weighted by atomic mass is 16.6. The molecule has 1 fully saturated rings. The van der Waals surface area contributed by atoms with E-state index in [1.165, 1.54) is 5.56 Å². The van der Waals surface area contributed by atoms with Crippen molar-refractivity contribution in [2.45, 2.75) is 37.4 Å². The van der Waals surface area contributed by atoms with Crippen molar-refractivity contribution in [3.63, 3.8) is 0 Å². The molecule has 2 aliphatic carbocycles. The van der Waals surface area contributed by atoms with Crippen molar-refractivity contribution in [3.05, 3.63) is 40.9 Å². The molecule has 3 aliphatic rings. The van der Waals surface area contributed by atoms with Crippen LogP contribution in [0.3, 0.4) is 0 Å². The van der Waals surface area contributed by atoms with Gasteiger partial charge in [0.2, 0.25) is 6.20 Å². The zero-order valence-corrected chi connectivity index (χ0v) is 9.83. The fraction of sp³-hybridized carbons (Fsp3) is 0.538. The Kier molecular flexibility index (Phi) is 1.52. The molecule has 1 aromatic heterocycles. The van der Waals surface area contributed by atoms with Gasteiger partial charge in [0.1, 0.15) is 6.20 Å². The molecule has 4 atom stereocenters. The maximum atomic E-state index is 11.3. The van der Waals surface area contributed by atoms with E-state index in [1.54, 1.807) is 12.4 Å². The molecule has 88 valence electrons. The Labute approximate surface area is 99.5 Å². The predicted molar refractivity (Wildman–Crippen MR) is 60.3 cm³/mol. The van der Waals surface area contributed by atoms with E-state index in [0.29, 0.717) is 28.7 Å². The van der Waals surface area contributed by atoms with Crippen LogP contribution in [0, 0.1) is 11.1 Å². The van der Waals surface area contributed by atoms with E-state index in [1.807, 2.05) is 0 Å². The Balaban J connectivity index is 1.77. The van der Waals surface area contributed by atoms with E-state index in [2.05, 4.69) is 31.1 Å². The zero-order valence-electron chi connectivity index (χ0n) is 9.83. The summed E-state index contributed by atoms with van der Waals surface area (Å²) in [6.07, 6.45) is 8.10. The van der Waals surface area contributed by atoms with E-state index in [9.17, 15) is 5.21 Å². The van der Waals surface area contributed by atoms with Gasteiger partial charge in [-0.25, -0.2) is 0 Å². The quantitative estimate of drug-likeness (QED) is 0.316. The van der Waals surface area contributed by atoms with E-state index in [-0.39, 0.29) is 5.60 Å². The van der Waals surface area contributed by atoms with Gasteiger partial charge >= 0.3 is 0 Å². The topological polar surface area (TPSA) is 52.4 Å². The van der Waals surface area contributed by atoms with Crippen molar-refractivity contribution < 1.29 is 9.58 Å². The zero-order chi connectivity index (χ0) is 11.8. The van der Waals surface area contributed by atoms with Crippen molar-refractivity contribution >= 4 is 0 Å². The van der Waals surface area contributed by atoms with Crippen molar-refractivity contribution in [1.82, 2.24) is 5.10 Å². The van der Waals surface area contributed by atoms with Gasteiger partial charge in [0.05, 0.1) is 11.7 Å². The Morgan fingerprint density at radius 3 is 2.59 bits per heavy atom. The number of hydrogen-bond donors (Lipinski definition) is 0. The van der Waals surface area contributed by atoms with Crippen molar-refractivity contribution in [1.29, 1.82) is 0 Å². The number of allylic oxidation sites excluding steroid dienone is 2. The van der Waals surface area contributed by atoms with E-state index in [4.69, 9.17) is 4.74 Å². The van der Waals surface area contributed by atoms with Crippen molar-refractivity contribution in [3.8, 4) is 0 Å². The van der Waals surface area contributed by atoms with Crippen LogP contribution >= 0.6 is 0 Å². The number of aromatic nitrogens is 2. The number of fused-ring (bicyclic) bond motifs is 5. The van der Waals surface area contributed by atoms with Crippen LogP contribution in [0.15, 0.2) is 24.5 Å². The minimum absolute atomic E-state index is 0.00387. The molecule has 4 rings (SSSR count). The summed E-state index contributed by atoms with van der Waals surface area (Å²) in [6, 6.07) is 0. The monoisotopic (exact) mass is 230 g/mol. The van der Waals surface area contributed by atoms with Gasteiger partial charge in [-0.2, -0.15) is 0 Å². The maximum Gasteiger partial charge on any atom is 0.213 e. The normalized spacial score (nSPS) is 39.4. The summed E-state index contributed by atoms with van der Waals surface area (Å²) in [7, 11) is 0. The molecular weight excluding hydrogens is 216 g/mol. The molecule has 1 aliphatic heterocycles. The Morgan fingerprint density at radius 1 is 1.29 bits per heavy atom. The predicted octanol–water partition coefficient (Wildman–Crippen LogP) is 1.26. The second-order valence-corrected chi connectivity index (χ2v) is 5.74. The van der Waals surface area contributed by atoms with Crippen LogP contribution in [0.5, 0.6) is 0 Å². The van der Waals surface area contributed by atoms with E-state index in [0.717, 1.165) is 5.56 Å². The largest absolute Gasteiger partial charge is 0.594 e. The first-order chi connectivity index (χ1) is 8.08. The van der Waals surface area contributed by atoms with Crippen LogP contribution in [0.25, 0.3) is 0 Å². The summed E-state index contributed by atoms with van der Waals surface area (Å²) in [6.45, 7) is 4.26. The third-order valence-electron chi connectivity index (χ3n) is 4.38. The van der Waals surface area contributed by atoms with E-state index < -0.39 is 0 Å². The smallest absolute Gasteiger partial charge is 0.213 e. The summed E-state index contributed by atoms with van der Waals surface area (Å²) in [4.78, 5) is 0.656. The lowest BCUT2D eigenvalue weighted by Crippen LogP contribution is -2.31. The lowest BCUT2D eigenvalue weighted by Gasteiger charge is -2.13. The SMILES string of the molecule is CC1(C)OC1C1[C@@H]2C=C[C@H]1c1c[n+]([O-])ncc12. The van der Waals surface area contributed by atoms with Gasteiger partial charge in [0, 0.05) is 28.4 Å². The lowest BCUT2D eigenvalue weighted by molar-refractivity contribution is -0.669. The summed E-state index contributed by atoms with van der Waals surface area (Å²) in [5.41, 5.74) is 2.34. The molecule has 4 heteroatoms. The first kappa shape index (κ1) is 9.59. The van der Waals surface area contributed by atoms with Crippen molar-refractivity contribution in [2.24, 2.45) is 5.92 Å². The van der Waals surface area contributed by atoms with Crippen LogP contribution in [-0.2, 0) is 4.74 Å². The Morgan fingerprint density at radius 2 is 1.94 bits per heavy atom. The van der Waals surface area contributed by atoms with Crippen LogP contribution in [0.1, 0.15) is 36.8 Å². The Hall–Kier alpha value is -1.42. The third-order valence-corrected chi connectivity index (χ3v) is 4.38. The fourth-order valence-electron chi connectivity index (χ4n) is 3.53. The molecule has 0 radical (unpaired) electrons. The highest BCUT2D eigenvalue weighted by Crippen LogP contribution is 2.59. The number of hydrogen-bond acceptors (Lipinski definition) is 3. The number of ether oxygens (including phenoxy) is 1. The molecule has 2 bridgehead atoms. The number of epoxide rings is 1. The maximum absolute atomic E-state index is 11.3. The average molecular weight is 230 g/mol. The summed E-state index contributed by atoms with van der Waals surface area (Å²) in [5.74, 6) is 1.18. The number of rotatable bonds is 1. The second kappa shape index (κ2) is 2.70. The summed E-state index contributed by atoms with van der Waals surface area (Å²) in [5, 5.41) is 15.1. The van der Waals surface area contributed by atoms with Crippen LogP contribution < -0.4 is 4.85 Å². The first-order valence-electron chi connectivity index (χ1n) is 6.03. The minimum atomic E-state index is -0.00387. The highest BCUT2D eigenvalue weighted by Gasteiger charge is 2.60. The molecule has 2 unspecified atom stereocenters. The lowest BCUT2D eigenvalue weighted by atomic mass is 9.86. The molecule has 4 nitrogen and oxygen atoms in total. The van der Waals surface area contributed by atoms with Gasteiger partial charge in [0.25, 0.3) is 0 Å². The molecule has 17 heavy (non-hydrogen) atoms. The molecule has 0 spiro atoms. The molecule has 1 aromatic rings. The van der Waals surface area contributed by atoms with Crippen LogP contribution in [0.4, 0.5) is 0 Å². The van der Waals surface area contributed by atoms with E-state index >= 15 is 0 Å². The molecule has 0 amide bonds. The second-order valence-electron chi connectivity index (χ2n) is 5.74.